The maximum atomic E-state index is 12.7. The van der Waals surface area contributed by atoms with E-state index >= 15 is 0 Å². The number of aryl methyl sites for hydroxylation is 1. The van der Waals surface area contributed by atoms with Crippen LogP contribution in [0.4, 0.5) is 0 Å². The maximum absolute atomic E-state index is 12.7. The molecule has 8 nitrogen and oxygen atoms in total. The fourth-order valence-corrected chi connectivity index (χ4v) is 3.70. The molecule has 0 spiro atoms. The van der Waals surface area contributed by atoms with Gasteiger partial charge >= 0.3 is 16.1 Å². The van der Waals surface area contributed by atoms with Gasteiger partial charge in [0.15, 0.2) is 5.60 Å². The molecule has 3 heterocycles. The van der Waals surface area contributed by atoms with Gasteiger partial charge in [-0.15, -0.1) is 0 Å². The van der Waals surface area contributed by atoms with E-state index < -0.39 is 15.7 Å². The third kappa shape index (κ3) is 4.27. The molecule has 0 saturated carbocycles. The van der Waals surface area contributed by atoms with Crippen LogP contribution in [0, 0.1) is 6.92 Å². The van der Waals surface area contributed by atoms with E-state index in [0.29, 0.717) is 11.3 Å². The van der Waals surface area contributed by atoms with Gasteiger partial charge in [-0.1, -0.05) is 18.2 Å². The van der Waals surface area contributed by atoms with Crippen molar-refractivity contribution < 1.29 is 26.9 Å². The van der Waals surface area contributed by atoms with Gasteiger partial charge in [-0.05, 0) is 50.6 Å². The molecule has 3 aromatic rings. The van der Waals surface area contributed by atoms with Crippen LogP contribution in [-0.4, -0.2) is 35.4 Å². The molecule has 1 aromatic carbocycles. The van der Waals surface area contributed by atoms with E-state index in [-0.39, 0.29) is 23.9 Å². The molecule has 162 valence electrons. The van der Waals surface area contributed by atoms with Crippen LogP contribution in [0.3, 0.4) is 0 Å². The van der Waals surface area contributed by atoms with Crippen molar-refractivity contribution in [2.45, 2.75) is 33.0 Å². The lowest BCUT2D eigenvalue weighted by atomic mass is 9.94. The molecule has 31 heavy (non-hydrogen) atoms. The SMILES string of the molecule is Cc1cccc2nc(COc3ccc(C4=C(OS(C)(=O)=O)OC(C)(C)C4=O)cc3)cn12. The number of hydrogen-bond acceptors (Lipinski definition) is 7. The summed E-state index contributed by atoms with van der Waals surface area (Å²) in [5, 5.41) is 0. The van der Waals surface area contributed by atoms with E-state index in [9.17, 15) is 13.2 Å². The van der Waals surface area contributed by atoms with Gasteiger partial charge in [-0.2, -0.15) is 8.42 Å². The highest BCUT2D eigenvalue weighted by Crippen LogP contribution is 2.37. The highest BCUT2D eigenvalue weighted by atomic mass is 32.2. The summed E-state index contributed by atoms with van der Waals surface area (Å²) in [5.41, 5.74) is 2.05. The lowest BCUT2D eigenvalue weighted by Gasteiger charge is -2.16. The standard InChI is InChI=1S/C22H22N2O6S/c1-14-6-5-7-18-23-16(12-24(14)18)13-28-17-10-8-15(9-11-17)19-20(25)22(2,3)29-21(19)30-31(4,26)27/h5-12H,13H2,1-4H3. The van der Waals surface area contributed by atoms with Gasteiger partial charge in [0.05, 0.1) is 11.9 Å². The molecule has 4 rings (SSSR count). The van der Waals surface area contributed by atoms with Crippen LogP contribution in [0.1, 0.15) is 30.8 Å². The zero-order valence-corrected chi connectivity index (χ0v) is 18.4. The Hall–Kier alpha value is -3.33. The molecule has 0 bridgehead atoms. The summed E-state index contributed by atoms with van der Waals surface area (Å²) in [7, 11) is -3.85. The molecular weight excluding hydrogens is 420 g/mol. The second-order valence-corrected chi connectivity index (χ2v) is 9.41. The largest absolute Gasteiger partial charge is 0.487 e. The number of fused-ring (bicyclic) bond motifs is 1. The lowest BCUT2D eigenvalue weighted by Crippen LogP contribution is -2.29. The molecule has 9 heteroatoms. The van der Waals surface area contributed by atoms with Crippen LogP contribution in [0.15, 0.2) is 54.6 Å². The molecule has 0 unspecified atom stereocenters. The molecule has 0 radical (unpaired) electrons. The summed E-state index contributed by atoms with van der Waals surface area (Å²) < 4.78 is 41.3. The number of carbonyl (C=O) groups excluding carboxylic acids is 1. The number of ether oxygens (including phenoxy) is 2. The minimum Gasteiger partial charge on any atom is -0.487 e. The van der Waals surface area contributed by atoms with Gasteiger partial charge in [0.25, 0.3) is 0 Å². The number of benzene rings is 1. The highest BCUT2D eigenvalue weighted by Gasteiger charge is 2.44. The maximum Gasteiger partial charge on any atom is 0.309 e. The number of pyridine rings is 1. The van der Waals surface area contributed by atoms with Gasteiger partial charge in [-0.25, -0.2) is 4.98 Å². The third-order valence-electron chi connectivity index (χ3n) is 4.83. The number of rotatable bonds is 6. The predicted octanol–water partition coefficient (Wildman–Crippen LogP) is 3.24. The Kier molecular flexibility index (Phi) is 5.01. The van der Waals surface area contributed by atoms with Crippen LogP contribution < -0.4 is 4.74 Å². The van der Waals surface area contributed by atoms with E-state index in [0.717, 1.165) is 23.3 Å². The van der Waals surface area contributed by atoms with E-state index in [1.807, 2.05) is 35.7 Å². The summed E-state index contributed by atoms with van der Waals surface area (Å²) in [6.07, 6.45) is 2.82. The monoisotopic (exact) mass is 442 g/mol. The zero-order chi connectivity index (χ0) is 22.4. The number of nitrogens with zero attached hydrogens (tertiary/aromatic N) is 2. The summed E-state index contributed by atoms with van der Waals surface area (Å²) in [6.45, 7) is 5.40. The zero-order valence-electron chi connectivity index (χ0n) is 17.6. The van der Waals surface area contributed by atoms with Crippen molar-refractivity contribution in [3.63, 3.8) is 0 Å². The summed E-state index contributed by atoms with van der Waals surface area (Å²) in [6, 6.07) is 12.6. The molecule has 0 saturated heterocycles. The predicted molar refractivity (Wildman–Crippen MR) is 114 cm³/mol. The second kappa shape index (κ2) is 7.42. The topological polar surface area (TPSA) is 96.2 Å². The molecule has 2 aromatic heterocycles. The summed E-state index contributed by atoms with van der Waals surface area (Å²) in [5.74, 6) is -0.0968. The number of ketones is 1. The Morgan fingerprint density at radius 1 is 1.13 bits per heavy atom. The minimum absolute atomic E-state index is 0.0813. The van der Waals surface area contributed by atoms with Crippen LogP contribution in [-0.2, 0) is 30.4 Å². The Bertz CT molecular complexity index is 1300. The first-order valence-electron chi connectivity index (χ1n) is 9.58. The van der Waals surface area contributed by atoms with Gasteiger partial charge in [0, 0.05) is 11.9 Å². The average Bonchev–Trinajstić information content (AvgIpc) is 3.19. The second-order valence-electron chi connectivity index (χ2n) is 7.83. The smallest absolute Gasteiger partial charge is 0.309 e. The Morgan fingerprint density at radius 2 is 1.84 bits per heavy atom. The van der Waals surface area contributed by atoms with Crippen molar-refractivity contribution in [1.29, 1.82) is 0 Å². The summed E-state index contributed by atoms with van der Waals surface area (Å²) in [4.78, 5) is 17.3. The normalized spacial score (nSPS) is 15.9. The van der Waals surface area contributed by atoms with Crippen LogP contribution in [0.25, 0.3) is 11.2 Å². The van der Waals surface area contributed by atoms with Crippen LogP contribution in [0.2, 0.25) is 0 Å². The quantitative estimate of drug-likeness (QED) is 0.541. The molecular formula is C22H22N2O6S. The Balaban J connectivity index is 1.54. The fraction of sp³-hybridized carbons (Fsp3) is 0.273. The first kappa shape index (κ1) is 20.9. The van der Waals surface area contributed by atoms with Crippen molar-refractivity contribution in [2.24, 2.45) is 0 Å². The van der Waals surface area contributed by atoms with Gasteiger partial charge in [0.1, 0.15) is 23.6 Å². The molecule has 0 aliphatic carbocycles. The van der Waals surface area contributed by atoms with Crippen molar-refractivity contribution in [3.8, 4) is 5.75 Å². The first-order chi connectivity index (χ1) is 14.5. The number of Topliss-reactive ketones (excluding diaryl/α,β-unsaturated/α-hetero) is 1. The summed E-state index contributed by atoms with van der Waals surface area (Å²) >= 11 is 0. The van der Waals surface area contributed by atoms with E-state index in [1.165, 1.54) is 0 Å². The van der Waals surface area contributed by atoms with Crippen molar-refractivity contribution in [2.75, 3.05) is 6.26 Å². The first-order valence-corrected chi connectivity index (χ1v) is 11.4. The van der Waals surface area contributed by atoms with Gasteiger partial charge in [-0.3, -0.25) is 4.79 Å². The molecule has 0 amide bonds. The van der Waals surface area contributed by atoms with E-state index in [2.05, 4.69) is 4.98 Å². The average molecular weight is 442 g/mol. The van der Waals surface area contributed by atoms with Crippen molar-refractivity contribution in [3.05, 3.63) is 71.6 Å². The lowest BCUT2D eigenvalue weighted by molar-refractivity contribution is -0.128. The van der Waals surface area contributed by atoms with Crippen molar-refractivity contribution >= 4 is 27.1 Å². The molecule has 1 aliphatic heterocycles. The molecule has 0 atom stereocenters. The minimum atomic E-state index is -3.85. The third-order valence-corrected chi connectivity index (χ3v) is 5.28. The number of aromatic nitrogens is 2. The van der Waals surface area contributed by atoms with Crippen LogP contribution >= 0.6 is 0 Å². The van der Waals surface area contributed by atoms with Gasteiger partial charge in [0.2, 0.25) is 5.78 Å². The fourth-order valence-electron chi connectivity index (χ4n) is 3.31. The number of imidazole rings is 1. The van der Waals surface area contributed by atoms with Crippen molar-refractivity contribution in [1.82, 2.24) is 9.38 Å². The molecule has 0 N–H and O–H groups in total. The molecule has 0 fully saturated rings. The van der Waals surface area contributed by atoms with E-state index in [1.54, 1.807) is 38.1 Å². The van der Waals surface area contributed by atoms with E-state index in [4.69, 9.17) is 13.7 Å². The number of carbonyl (C=O) groups is 1. The highest BCUT2D eigenvalue weighted by molar-refractivity contribution is 7.86. The number of hydrogen-bond donors (Lipinski definition) is 0. The molecule has 1 aliphatic rings. The Morgan fingerprint density at radius 3 is 2.48 bits per heavy atom. The Labute approximate surface area is 180 Å². The van der Waals surface area contributed by atoms with Gasteiger partial charge < -0.3 is 18.1 Å². The van der Waals surface area contributed by atoms with Crippen LogP contribution in [0.5, 0.6) is 5.75 Å².